The average molecular weight is 588 g/mol. The van der Waals surface area contributed by atoms with E-state index in [4.69, 9.17) is 14.2 Å². The zero-order chi connectivity index (χ0) is 30.7. The SMILES string of the molecule is CCCCOCC1(c2ccccc2F)N=C(N(C(=O)OC(C)(C)C)C(=O)OC(C)(C)C)N(C)S(=O)(=O)C1C(C)O. The second-order valence-corrected chi connectivity index (χ2v) is 13.8. The Morgan fingerprint density at radius 3 is 2.10 bits per heavy atom. The van der Waals surface area contributed by atoms with E-state index in [0.717, 1.165) is 19.5 Å². The van der Waals surface area contributed by atoms with Crippen molar-refractivity contribution in [2.75, 3.05) is 20.3 Å². The molecule has 0 saturated heterocycles. The van der Waals surface area contributed by atoms with Gasteiger partial charge in [-0.1, -0.05) is 31.5 Å². The number of aliphatic hydroxyl groups excluding tert-OH is 1. The minimum absolute atomic E-state index is 0.195. The maximum atomic E-state index is 15.5. The zero-order valence-corrected chi connectivity index (χ0v) is 25.5. The van der Waals surface area contributed by atoms with Crippen molar-refractivity contribution in [1.29, 1.82) is 0 Å². The molecule has 226 valence electrons. The Kier molecular flexibility index (Phi) is 10.4. The van der Waals surface area contributed by atoms with Crippen molar-refractivity contribution >= 4 is 28.2 Å². The Morgan fingerprint density at radius 2 is 1.65 bits per heavy atom. The highest BCUT2D eigenvalue weighted by atomic mass is 32.2. The lowest BCUT2D eigenvalue weighted by Gasteiger charge is -2.46. The van der Waals surface area contributed by atoms with Gasteiger partial charge in [-0.15, -0.1) is 4.90 Å². The lowest BCUT2D eigenvalue weighted by molar-refractivity contribution is 0.0122. The topological polar surface area (TPSA) is 135 Å². The van der Waals surface area contributed by atoms with Gasteiger partial charge < -0.3 is 19.3 Å². The largest absolute Gasteiger partial charge is 0.443 e. The molecule has 0 aromatic heterocycles. The van der Waals surface area contributed by atoms with Gasteiger partial charge in [-0.05, 0) is 61.0 Å². The normalized spacial score (nSPS) is 21.8. The lowest BCUT2D eigenvalue weighted by atomic mass is 9.84. The molecule has 1 heterocycles. The molecular formula is C27H42FN3O8S. The third-order valence-corrected chi connectivity index (χ3v) is 8.20. The number of hydrogen-bond donors (Lipinski definition) is 1. The van der Waals surface area contributed by atoms with Crippen molar-refractivity contribution in [2.24, 2.45) is 4.99 Å². The van der Waals surface area contributed by atoms with Gasteiger partial charge in [0.2, 0.25) is 16.0 Å². The molecule has 1 aliphatic rings. The van der Waals surface area contributed by atoms with E-state index < -0.39 is 68.7 Å². The molecule has 11 nitrogen and oxygen atoms in total. The maximum absolute atomic E-state index is 15.5. The lowest BCUT2D eigenvalue weighted by Crippen LogP contribution is -2.65. The molecule has 0 bridgehead atoms. The number of carbonyl (C=O) groups excluding carboxylic acids is 2. The molecule has 0 fully saturated rings. The van der Waals surface area contributed by atoms with Crippen molar-refractivity contribution < 1.29 is 41.7 Å². The van der Waals surface area contributed by atoms with Crippen LogP contribution in [-0.4, -0.2) is 83.7 Å². The van der Waals surface area contributed by atoms with Gasteiger partial charge in [-0.3, -0.25) is 0 Å². The van der Waals surface area contributed by atoms with E-state index in [-0.39, 0.29) is 12.2 Å². The van der Waals surface area contributed by atoms with Gasteiger partial charge in [0.05, 0.1) is 12.7 Å². The highest BCUT2D eigenvalue weighted by Gasteiger charge is 2.59. The van der Waals surface area contributed by atoms with Crippen LogP contribution in [0.4, 0.5) is 14.0 Å². The second kappa shape index (κ2) is 12.4. The van der Waals surface area contributed by atoms with Crippen molar-refractivity contribution in [3.63, 3.8) is 0 Å². The molecule has 40 heavy (non-hydrogen) atoms. The molecule has 0 aliphatic carbocycles. The first-order chi connectivity index (χ1) is 18.3. The van der Waals surface area contributed by atoms with E-state index in [1.165, 1.54) is 25.1 Å². The summed E-state index contributed by atoms with van der Waals surface area (Å²) in [4.78, 5) is 31.8. The standard InChI is InChI=1S/C27H42FN3O8S/c1-10-11-16-37-17-27(19-14-12-13-15-20(19)28)21(18(2)32)40(35,36)30(9)22(29-27)31(23(33)38-25(3,4)5)24(34)39-26(6,7)8/h12-15,18,21,32H,10-11,16-17H2,1-9H3. The Hall–Kier alpha value is -2.77. The van der Waals surface area contributed by atoms with Crippen LogP contribution in [0.2, 0.25) is 0 Å². The summed E-state index contributed by atoms with van der Waals surface area (Å²) in [6.07, 6.45) is -2.69. The highest BCUT2D eigenvalue weighted by molar-refractivity contribution is 7.90. The molecule has 1 aliphatic heterocycles. The van der Waals surface area contributed by atoms with E-state index in [0.29, 0.717) is 15.6 Å². The van der Waals surface area contributed by atoms with Crippen molar-refractivity contribution in [2.45, 2.75) is 96.3 Å². The number of imide groups is 1. The first kappa shape index (κ1) is 33.4. The van der Waals surface area contributed by atoms with Crippen LogP contribution < -0.4 is 0 Å². The quantitative estimate of drug-likeness (QED) is 0.464. The van der Waals surface area contributed by atoms with Gasteiger partial charge in [-0.25, -0.2) is 31.7 Å². The Bertz CT molecular complexity index is 1180. The van der Waals surface area contributed by atoms with Gasteiger partial charge in [0.25, 0.3) is 0 Å². The number of ether oxygens (including phenoxy) is 3. The number of amides is 2. The molecule has 2 amide bonds. The molecule has 1 aromatic rings. The zero-order valence-electron chi connectivity index (χ0n) is 24.7. The summed E-state index contributed by atoms with van der Waals surface area (Å²) in [5.74, 6) is -1.50. The third kappa shape index (κ3) is 7.49. The molecule has 2 rings (SSSR count). The van der Waals surface area contributed by atoms with Crippen LogP contribution in [0.1, 0.15) is 73.8 Å². The van der Waals surface area contributed by atoms with Crippen LogP contribution in [0.3, 0.4) is 0 Å². The van der Waals surface area contributed by atoms with Crippen LogP contribution in [-0.2, 0) is 29.8 Å². The fraction of sp³-hybridized carbons (Fsp3) is 0.667. The molecule has 0 spiro atoms. The number of nitrogens with zero attached hydrogens (tertiary/aromatic N) is 3. The fourth-order valence-corrected chi connectivity index (χ4v) is 6.16. The highest BCUT2D eigenvalue weighted by Crippen LogP contribution is 2.42. The number of hydrogen-bond acceptors (Lipinski definition) is 9. The van der Waals surface area contributed by atoms with Crippen LogP contribution >= 0.6 is 0 Å². The van der Waals surface area contributed by atoms with Crippen LogP contribution in [0.5, 0.6) is 0 Å². The fourth-order valence-electron chi connectivity index (χ4n) is 4.23. The summed E-state index contributed by atoms with van der Waals surface area (Å²) in [5, 5.41) is 9.08. The number of halogens is 1. The summed E-state index contributed by atoms with van der Waals surface area (Å²) in [7, 11) is -3.54. The summed E-state index contributed by atoms with van der Waals surface area (Å²) in [6.45, 7) is 12.3. The maximum Gasteiger partial charge on any atom is 0.427 e. The van der Waals surface area contributed by atoms with Crippen LogP contribution in [0.15, 0.2) is 29.3 Å². The number of guanidine groups is 1. The number of benzene rings is 1. The Labute approximate surface area is 236 Å². The number of rotatable bonds is 7. The number of carbonyl (C=O) groups is 2. The Morgan fingerprint density at radius 1 is 1.12 bits per heavy atom. The van der Waals surface area contributed by atoms with Crippen LogP contribution in [0.25, 0.3) is 0 Å². The molecule has 3 atom stereocenters. The third-order valence-electron chi connectivity index (χ3n) is 5.85. The number of aliphatic imine (C=N–C) groups is 1. The van der Waals surface area contributed by atoms with E-state index >= 15 is 4.39 Å². The van der Waals surface area contributed by atoms with Gasteiger partial charge in [0.1, 0.15) is 27.8 Å². The van der Waals surface area contributed by atoms with E-state index in [1.54, 1.807) is 41.5 Å². The van der Waals surface area contributed by atoms with E-state index in [2.05, 4.69) is 4.99 Å². The van der Waals surface area contributed by atoms with Gasteiger partial charge in [-0.2, -0.15) is 0 Å². The molecule has 13 heteroatoms. The predicted octanol–water partition coefficient (Wildman–Crippen LogP) is 4.39. The molecular weight excluding hydrogens is 545 g/mol. The second-order valence-electron chi connectivity index (χ2n) is 11.7. The average Bonchev–Trinajstić information content (AvgIpc) is 2.77. The first-order valence-corrected chi connectivity index (χ1v) is 14.6. The molecule has 0 saturated carbocycles. The first-order valence-electron chi connectivity index (χ1n) is 13.1. The summed E-state index contributed by atoms with van der Waals surface area (Å²) >= 11 is 0. The van der Waals surface area contributed by atoms with Gasteiger partial charge in [0.15, 0.2) is 0 Å². The predicted molar refractivity (Wildman–Crippen MR) is 148 cm³/mol. The molecule has 1 N–H and O–H groups in total. The monoisotopic (exact) mass is 587 g/mol. The minimum Gasteiger partial charge on any atom is -0.443 e. The van der Waals surface area contributed by atoms with E-state index in [9.17, 15) is 23.1 Å². The molecule has 3 unspecified atom stereocenters. The van der Waals surface area contributed by atoms with Crippen molar-refractivity contribution in [3.8, 4) is 0 Å². The molecule has 0 radical (unpaired) electrons. The number of aliphatic hydroxyl groups is 1. The van der Waals surface area contributed by atoms with Crippen molar-refractivity contribution in [1.82, 2.24) is 9.21 Å². The van der Waals surface area contributed by atoms with Crippen LogP contribution in [0, 0.1) is 5.82 Å². The summed E-state index contributed by atoms with van der Waals surface area (Å²) in [5.41, 5.74) is -4.47. The minimum atomic E-state index is -4.62. The van der Waals surface area contributed by atoms with Gasteiger partial charge >= 0.3 is 12.2 Å². The van der Waals surface area contributed by atoms with Gasteiger partial charge in [0, 0.05) is 19.2 Å². The number of unbranched alkanes of at least 4 members (excludes halogenated alkanes) is 1. The summed E-state index contributed by atoms with van der Waals surface area (Å²) in [6, 6.07) is 5.37. The number of sulfonamides is 1. The smallest absolute Gasteiger partial charge is 0.427 e. The van der Waals surface area contributed by atoms with Crippen molar-refractivity contribution in [3.05, 3.63) is 35.6 Å². The molecule has 1 aromatic carbocycles. The van der Waals surface area contributed by atoms with E-state index in [1.807, 2.05) is 6.92 Å². The summed E-state index contributed by atoms with van der Waals surface area (Å²) < 4.78 is 60.8. The Balaban J connectivity index is 2.97.